The number of aryl methyl sites for hydroxylation is 1. The SMILES string of the molecule is Cc1csc(NC2CCC(n3nc(-c4ccncc4)ccc3=O)CC2)n1. The molecule has 134 valence electrons. The predicted molar refractivity (Wildman–Crippen MR) is 103 cm³/mol. The number of rotatable bonds is 4. The fourth-order valence-corrected chi connectivity index (χ4v) is 4.19. The molecule has 3 aromatic heterocycles. The Bertz CT molecular complexity index is 928. The molecule has 0 spiro atoms. The minimum atomic E-state index is -0.0326. The van der Waals surface area contributed by atoms with Gasteiger partial charge in [0.2, 0.25) is 0 Å². The Labute approximate surface area is 156 Å². The average Bonchev–Trinajstić information content (AvgIpc) is 3.08. The Kier molecular flexibility index (Phi) is 4.79. The average molecular weight is 367 g/mol. The molecule has 0 aliphatic heterocycles. The Morgan fingerprint density at radius 3 is 2.58 bits per heavy atom. The molecule has 0 atom stereocenters. The second-order valence-corrected chi connectivity index (χ2v) is 7.54. The molecule has 0 amide bonds. The monoisotopic (exact) mass is 367 g/mol. The standard InChI is InChI=1S/C19H21N5OS/c1-13-12-26-19(21-13)22-15-2-4-16(5-3-15)24-18(25)7-6-17(23-24)14-8-10-20-11-9-14/h6-12,15-16H,2-5H2,1H3,(H,21,22). The molecule has 1 N–H and O–H groups in total. The molecule has 3 heterocycles. The summed E-state index contributed by atoms with van der Waals surface area (Å²) in [6.45, 7) is 2.01. The third-order valence-electron chi connectivity index (χ3n) is 4.79. The van der Waals surface area contributed by atoms with E-state index in [0.29, 0.717) is 6.04 Å². The molecule has 1 saturated carbocycles. The molecule has 1 aliphatic rings. The highest BCUT2D eigenvalue weighted by Gasteiger charge is 2.24. The zero-order chi connectivity index (χ0) is 17.9. The third-order valence-corrected chi connectivity index (χ3v) is 5.68. The van der Waals surface area contributed by atoms with Crippen LogP contribution in [0.5, 0.6) is 0 Å². The number of thiazole rings is 1. The van der Waals surface area contributed by atoms with Crippen molar-refractivity contribution < 1.29 is 0 Å². The quantitative estimate of drug-likeness (QED) is 0.762. The van der Waals surface area contributed by atoms with Gasteiger partial charge in [0.15, 0.2) is 5.13 Å². The summed E-state index contributed by atoms with van der Waals surface area (Å²) in [7, 11) is 0. The van der Waals surface area contributed by atoms with Crippen LogP contribution in [0, 0.1) is 6.92 Å². The smallest absolute Gasteiger partial charge is 0.267 e. The summed E-state index contributed by atoms with van der Waals surface area (Å²) in [6, 6.07) is 7.79. The van der Waals surface area contributed by atoms with Crippen LogP contribution in [0.2, 0.25) is 0 Å². The van der Waals surface area contributed by atoms with Gasteiger partial charge in [-0.25, -0.2) is 9.67 Å². The first-order valence-electron chi connectivity index (χ1n) is 8.88. The number of nitrogens with zero attached hydrogens (tertiary/aromatic N) is 4. The van der Waals surface area contributed by atoms with Crippen LogP contribution in [0.1, 0.15) is 37.4 Å². The highest BCUT2D eigenvalue weighted by atomic mass is 32.1. The second kappa shape index (κ2) is 7.37. The highest BCUT2D eigenvalue weighted by molar-refractivity contribution is 7.13. The summed E-state index contributed by atoms with van der Waals surface area (Å²) < 4.78 is 1.67. The van der Waals surface area contributed by atoms with Crippen LogP contribution in [0.4, 0.5) is 5.13 Å². The van der Waals surface area contributed by atoms with Gasteiger partial charge in [0.1, 0.15) is 0 Å². The number of hydrogen-bond acceptors (Lipinski definition) is 6. The topological polar surface area (TPSA) is 72.7 Å². The highest BCUT2D eigenvalue weighted by Crippen LogP contribution is 2.30. The largest absolute Gasteiger partial charge is 0.359 e. The maximum atomic E-state index is 12.3. The molecule has 6 nitrogen and oxygen atoms in total. The second-order valence-electron chi connectivity index (χ2n) is 6.68. The lowest BCUT2D eigenvalue weighted by molar-refractivity contribution is 0.304. The van der Waals surface area contributed by atoms with Crippen molar-refractivity contribution in [2.24, 2.45) is 0 Å². The zero-order valence-electron chi connectivity index (χ0n) is 14.6. The number of anilines is 1. The van der Waals surface area contributed by atoms with E-state index < -0.39 is 0 Å². The van der Waals surface area contributed by atoms with Gasteiger partial charge in [-0.1, -0.05) is 0 Å². The van der Waals surface area contributed by atoms with Crippen molar-refractivity contribution in [2.45, 2.75) is 44.7 Å². The van der Waals surface area contributed by atoms with Crippen LogP contribution < -0.4 is 10.9 Å². The van der Waals surface area contributed by atoms with E-state index in [1.807, 2.05) is 19.1 Å². The molecule has 0 aromatic carbocycles. The Balaban J connectivity index is 1.46. The Morgan fingerprint density at radius 1 is 1.12 bits per heavy atom. The summed E-state index contributed by atoms with van der Waals surface area (Å²) in [5.74, 6) is 0. The van der Waals surface area contributed by atoms with Gasteiger partial charge < -0.3 is 5.32 Å². The van der Waals surface area contributed by atoms with Crippen molar-refractivity contribution in [1.29, 1.82) is 0 Å². The molecule has 26 heavy (non-hydrogen) atoms. The van der Waals surface area contributed by atoms with Gasteiger partial charge in [-0.2, -0.15) is 5.10 Å². The van der Waals surface area contributed by atoms with Gasteiger partial charge in [-0.15, -0.1) is 11.3 Å². The van der Waals surface area contributed by atoms with Crippen molar-refractivity contribution >= 4 is 16.5 Å². The normalized spacial score (nSPS) is 20.0. The molecule has 3 aromatic rings. The number of hydrogen-bond donors (Lipinski definition) is 1. The number of aromatic nitrogens is 4. The predicted octanol–water partition coefficient (Wildman–Crippen LogP) is 3.67. The maximum Gasteiger partial charge on any atom is 0.267 e. The van der Waals surface area contributed by atoms with Gasteiger partial charge in [0.05, 0.1) is 17.4 Å². The van der Waals surface area contributed by atoms with Gasteiger partial charge in [-0.3, -0.25) is 9.78 Å². The number of nitrogens with one attached hydrogen (secondary N) is 1. The van der Waals surface area contributed by atoms with E-state index in [2.05, 4.69) is 25.8 Å². The van der Waals surface area contributed by atoms with Crippen molar-refractivity contribution in [3.05, 3.63) is 58.1 Å². The van der Waals surface area contributed by atoms with Gasteiger partial charge >= 0.3 is 0 Å². The molecule has 1 aliphatic carbocycles. The molecule has 7 heteroatoms. The van der Waals surface area contributed by atoms with Crippen LogP contribution in [-0.2, 0) is 0 Å². The van der Waals surface area contributed by atoms with Gasteiger partial charge in [0.25, 0.3) is 5.56 Å². The van der Waals surface area contributed by atoms with Crippen molar-refractivity contribution in [3.63, 3.8) is 0 Å². The minimum Gasteiger partial charge on any atom is -0.359 e. The first-order chi connectivity index (χ1) is 12.7. The molecular formula is C19H21N5OS. The van der Waals surface area contributed by atoms with E-state index in [1.54, 1.807) is 40.5 Å². The number of pyridine rings is 1. The van der Waals surface area contributed by atoms with E-state index in [9.17, 15) is 4.79 Å². The van der Waals surface area contributed by atoms with Crippen molar-refractivity contribution in [2.75, 3.05) is 5.32 Å². The summed E-state index contributed by atoms with van der Waals surface area (Å²) >= 11 is 1.65. The molecule has 0 bridgehead atoms. The summed E-state index contributed by atoms with van der Waals surface area (Å²) in [6.07, 6.45) is 7.38. The van der Waals surface area contributed by atoms with Crippen LogP contribution in [0.3, 0.4) is 0 Å². The molecule has 4 rings (SSSR count). The Hall–Kier alpha value is -2.54. The summed E-state index contributed by atoms with van der Waals surface area (Å²) in [4.78, 5) is 20.9. The summed E-state index contributed by atoms with van der Waals surface area (Å²) in [5.41, 5.74) is 2.80. The molecule has 0 unspecified atom stereocenters. The fraction of sp³-hybridized carbons (Fsp3) is 0.368. The minimum absolute atomic E-state index is 0.0326. The molecule has 0 saturated heterocycles. The van der Waals surface area contributed by atoms with Gasteiger partial charge in [-0.05, 0) is 50.8 Å². The maximum absolute atomic E-state index is 12.3. The van der Waals surface area contributed by atoms with Crippen LogP contribution in [0.25, 0.3) is 11.3 Å². The van der Waals surface area contributed by atoms with Crippen LogP contribution >= 0.6 is 11.3 Å². The van der Waals surface area contributed by atoms with E-state index >= 15 is 0 Å². The lowest BCUT2D eigenvalue weighted by Crippen LogP contribution is -2.33. The van der Waals surface area contributed by atoms with Crippen LogP contribution in [0.15, 0.2) is 46.8 Å². The van der Waals surface area contributed by atoms with E-state index in [1.165, 1.54) is 0 Å². The summed E-state index contributed by atoms with van der Waals surface area (Å²) in [5, 5.41) is 11.2. The lowest BCUT2D eigenvalue weighted by atomic mass is 9.91. The van der Waals surface area contributed by atoms with Crippen molar-refractivity contribution in [1.82, 2.24) is 19.7 Å². The van der Waals surface area contributed by atoms with E-state index in [0.717, 1.165) is 47.8 Å². The molecule has 1 fully saturated rings. The molecular weight excluding hydrogens is 346 g/mol. The zero-order valence-corrected chi connectivity index (χ0v) is 15.4. The van der Waals surface area contributed by atoms with E-state index in [-0.39, 0.29) is 11.6 Å². The third kappa shape index (κ3) is 3.67. The van der Waals surface area contributed by atoms with Gasteiger partial charge in [0, 0.05) is 35.4 Å². The first-order valence-corrected chi connectivity index (χ1v) is 9.76. The lowest BCUT2D eigenvalue weighted by Gasteiger charge is -2.29. The molecule has 0 radical (unpaired) electrons. The van der Waals surface area contributed by atoms with Crippen LogP contribution in [-0.4, -0.2) is 25.8 Å². The van der Waals surface area contributed by atoms with E-state index in [4.69, 9.17) is 0 Å². The first kappa shape index (κ1) is 16.9. The van der Waals surface area contributed by atoms with Crippen molar-refractivity contribution in [3.8, 4) is 11.3 Å². The fourth-order valence-electron chi connectivity index (χ4n) is 3.42. The Morgan fingerprint density at radius 2 is 1.88 bits per heavy atom.